The first-order valence-corrected chi connectivity index (χ1v) is 12.7. The normalized spacial score (nSPS) is 24.8. The molecule has 1 saturated heterocycles. The van der Waals surface area contributed by atoms with Crippen LogP contribution in [0.25, 0.3) is 0 Å². The van der Waals surface area contributed by atoms with Gasteiger partial charge in [0.1, 0.15) is 5.75 Å². The van der Waals surface area contributed by atoms with E-state index in [1.165, 1.54) is 10.5 Å². The maximum atomic E-state index is 10.5. The van der Waals surface area contributed by atoms with Crippen molar-refractivity contribution in [3.8, 4) is 5.75 Å². The lowest BCUT2D eigenvalue weighted by Gasteiger charge is -2.34. The van der Waals surface area contributed by atoms with Crippen molar-refractivity contribution in [2.45, 2.75) is 61.7 Å². The maximum absolute atomic E-state index is 10.5. The summed E-state index contributed by atoms with van der Waals surface area (Å²) in [6.07, 6.45) is 6.26. The minimum absolute atomic E-state index is 0.111. The van der Waals surface area contributed by atoms with Crippen LogP contribution in [0.15, 0.2) is 41.3 Å². The Morgan fingerprint density at radius 1 is 1.06 bits per heavy atom. The molecule has 2 aromatic carbocycles. The summed E-state index contributed by atoms with van der Waals surface area (Å²) < 4.78 is 18.3. The molecule has 2 heterocycles. The molecule has 2 aliphatic rings. The lowest BCUT2D eigenvalue weighted by molar-refractivity contribution is -0.123. The van der Waals surface area contributed by atoms with Gasteiger partial charge >= 0.3 is 0 Å². The molecule has 4 nitrogen and oxygen atoms in total. The average molecular weight is 463 g/mol. The number of halogens is 1. The van der Waals surface area contributed by atoms with Gasteiger partial charge in [-0.05, 0) is 67.3 Å². The summed E-state index contributed by atoms with van der Waals surface area (Å²) in [4.78, 5) is 1.24. The molecule has 0 amide bonds. The zero-order valence-corrected chi connectivity index (χ0v) is 19.6. The van der Waals surface area contributed by atoms with E-state index in [2.05, 4.69) is 36.6 Å². The van der Waals surface area contributed by atoms with Crippen LogP contribution in [0.4, 0.5) is 0 Å². The molecule has 4 rings (SSSR count). The van der Waals surface area contributed by atoms with Gasteiger partial charge in [0, 0.05) is 34.9 Å². The number of aliphatic hydroxyl groups excluding tert-OH is 1. The molecule has 1 N–H and O–H groups in total. The van der Waals surface area contributed by atoms with Crippen LogP contribution in [0.5, 0.6) is 5.75 Å². The van der Waals surface area contributed by atoms with Gasteiger partial charge in [0.05, 0.1) is 31.5 Å². The number of aliphatic hydroxyl groups is 1. The second kappa shape index (κ2) is 11.1. The van der Waals surface area contributed by atoms with Crippen LogP contribution in [-0.4, -0.2) is 43.4 Å². The zero-order chi connectivity index (χ0) is 21.6. The molecule has 0 radical (unpaired) electrons. The first-order chi connectivity index (χ1) is 15.1. The number of rotatable bonds is 3. The Balaban J connectivity index is 1.64. The van der Waals surface area contributed by atoms with E-state index in [1.54, 1.807) is 11.8 Å². The molecule has 6 heteroatoms. The zero-order valence-electron chi connectivity index (χ0n) is 18.0. The van der Waals surface area contributed by atoms with E-state index in [1.807, 2.05) is 6.07 Å². The summed E-state index contributed by atoms with van der Waals surface area (Å²) in [6, 6.07) is 12.6. The lowest BCUT2D eigenvalue weighted by atomic mass is 9.93. The molecule has 0 saturated carbocycles. The van der Waals surface area contributed by atoms with Crippen LogP contribution in [-0.2, 0) is 15.9 Å². The summed E-state index contributed by atoms with van der Waals surface area (Å²) in [5.74, 6) is 0.768. The minimum Gasteiger partial charge on any atom is -0.493 e. The van der Waals surface area contributed by atoms with Crippen molar-refractivity contribution in [2.24, 2.45) is 0 Å². The van der Waals surface area contributed by atoms with Crippen molar-refractivity contribution in [1.82, 2.24) is 0 Å². The van der Waals surface area contributed by atoms with Gasteiger partial charge in [-0.25, -0.2) is 0 Å². The lowest BCUT2D eigenvalue weighted by Crippen LogP contribution is -2.34. The highest BCUT2D eigenvalue weighted by Gasteiger charge is 2.32. The van der Waals surface area contributed by atoms with E-state index >= 15 is 0 Å². The monoisotopic (exact) mass is 462 g/mol. The van der Waals surface area contributed by atoms with E-state index in [9.17, 15) is 5.11 Å². The Labute approximate surface area is 194 Å². The fourth-order valence-electron chi connectivity index (χ4n) is 4.27. The van der Waals surface area contributed by atoms with Gasteiger partial charge in [0.25, 0.3) is 0 Å². The Morgan fingerprint density at radius 2 is 1.87 bits per heavy atom. The summed E-state index contributed by atoms with van der Waals surface area (Å²) in [5.41, 5.74) is 3.23. The van der Waals surface area contributed by atoms with Gasteiger partial charge < -0.3 is 19.3 Å². The van der Waals surface area contributed by atoms with Gasteiger partial charge in [0.15, 0.2) is 0 Å². The van der Waals surface area contributed by atoms with E-state index < -0.39 is 6.10 Å². The fraction of sp³-hybridized carbons (Fsp3) is 0.520. The average Bonchev–Trinajstić information content (AvgIpc) is 2.77. The van der Waals surface area contributed by atoms with Gasteiger partial charge in [-0.2, -0.15) is 0 Å². The highest BCUT2D eigenvalue weighted by atomic mass is 35.5. The molecule has 0 aliphatic carbocycles. The van der Waals surface area contributed by atoms with Crippen LogP contribution in [0, 0.1) is 0 Å². The van der Waals surface area contributed by atoms with Crippen molar-refractivity contribution >= 4 is 23.4 Å². The van der Waals surface area contributed by atoms with Crippen LogP contribution in [0.1, 0.15) is 54.9 Å². The Morgan fingerprint density at radius 3 is 2.68 bits per heavy atom. The molecule has 2 aliphatic heterocycles. The van der Waals surface area contributed by atoms with Crippen molar-refractivity contribution < 1.29 is 19.3 Å². The number of hydrogen-bond acceptors (Lipinski definition) is 5. The van der Waals surface area contributed by atoms with Crippen LogP contribution in [0.3, 0.4) is 0 Å². The molecule has 3 atom stereocenters. The van der Waals surface area contributed by atoms with Crippen molar-refractivity contribution in [1.29, 1.82) is 0 Å². The molecule has 2 aromatic rings. The van der Waals surface area contributed by atoms with Crippen molar-refractivity contribution in [3.63, 3.8) is 0 Å². The molecule has 168 valence electrons. The predicted octanol–water partition coefficient (Wildman–Crippen LogP) is 5.81. The van der Waals surface area contributed by atoms with Gasteiger partial charge in [-0.15, -0.1) is 11.8 Å². The second-order valence-electron chi connectivity index (χ2n) is 8.36. The van der Waals surface area contributed by atoms with Crippen molar-refractivity contribution in [2.75, 3.05) is 26.1 Å². The van der Waals surface area contributed by atoms with Crippen LogP contribution >= 0.6 is 23.4 Å². The molecule has 0 spiro atoms. The second-order valence-corrected chi connectivity index (χ2v) is 9.65. The summed E-state index contributed by atoms with van der Waals surface area (Å²) >= 11 is 8.42. The van der Waals surface area contributed by atoms with Crippen LogP contribution < -0.4 is 4.74 Å². The molecule has 1 fully saturated rings. The minimum atomic E-state index is -0.413. The quantitative estimate of drug-likeness (QED) is 0.583. The fourth-order valence-corrected chi connectivity index (χ4v) is 4.90. The van der Waals surface area contributed by atoms with E-state index in [0.29, 0.717) is 31.1 Å². The van der Waals surface area contributed by atoms with Crippen molar-refractivity contribution in [3.05, 3.63) is 58.1 Å². The van der Waals surface area contributed by atoms with E-state index in [4.69, 9.17) is 25.8 Å². The third kappa shape index (κ3) is 6.17. The number of ether oxygens (including phenoxy) is 3. The Hall–Kier alpha value is -1.24. The maximum Gasteiger partial charge on any atom is 0.126 e. The summed E-state index contributed by atoms with van der Waals surface area (Å²) in [7, 11) is 0. The molecular formula is C25H31ClO4S. The third-order valence-electron chi connectivity index (χ3n) is 5.95. The highest BCUT2D eigenvalue weighted by Crippen LogP contribution is 2.40. The van der Waals surface area contributed by atoms with E-state index in [-0.39, 0.29) is 12.2 Å². The summed E-state index contributed by atoms with van der Waals surface area (Å²) in [6.45, 7) is 1.88. The smallest absolute Gasteiger partial charge is 0.126 e. The SMILES string of the molecule is CSc1ccc(Cc2cc3c(cc2Cl)OCCCCCOCC2CC(O)CC3O2)cc1. The Bertz CT molecular complexity index is 857. The largest absolute Gasteiger partial charge is 0.493 e. The summed E-state index contributed by atoms with van der Waals surface area (Å²) in [5, 5.41) is 11.2. The van der Waals surface area contributed by atoms with Gasteiger partial charge in [0.2, 0.25) is 0 Å². The van der Waals surface area contributed by atoms with Gasteiger partial charge in [-0.1, -0.05) is 23.7 Å². The number of benzene rings is 2. The topological polar surface area (TPSA) is 47.9 Å². The first-order valence-electron chi connectivity index (χ1n) is 11.1. The Kier molecular flexibility index (Phi) is 8.18. The standard InChI is InChI=1S/C25H31ClO4S/c1-31-21-7-5-17(6-8-21)11-18-12-22-24(15-23(18)26)29-10-4-2-3-9-28-16-20-13-19(27)14-25(22)30-20/h5-8,12,15,19-20,25,27H,2-4,9-11,13-14,16H2,1H3. The van der Waals surface area contributed by atoms with Gasteiger partial charge in [-0.3, -0.25) is 0 Å². The third-order valence-corrected chi connectivity index (χ3v) is 7.05. The predicted molar refractivity (Wildman–Crippen MR) is 126 cm³/mol. The first kappa shape index (κ1) is 22.9. The number of thioether (sulfide) groups is 1. The molecular weight excluding hydrogens is 432 g/mol. The molecule has 0 aromatic heterocycles. The molecule has 2 bridgehead atoms. The number of hydrogen-bond donors (Lipinski definition) is 1. The molecule has 3 unspecified atom stereocenters. The van der Waals surface area contributed by atoms with E-state index in [0.717, 1.165) is 49.2 Å². The highest BCUT2D eigenvalue weighted by molar-refractivity contribution is 7.98. The van der Waals surface area contributed by atoms with Crippen LogP contribution in [0.2, 0.25) is 5.02 Å². The number of fused-ring (bicyclic) bond motifs is 4. The molecule has 31 heavy (non-hydrogen) atoms.